The third-order valence-electron chi connectivity index (χ3n) is 2.94. The molecular weight excluding hydrogens is 224 g/mol. The van der Waals surface area contributed by atoms with Crippen LogP contribution >= 0.6 is 0 Å². The maximum Gasteiger partial charge on any atom is 0.144 e. The van der Waals surface area contributed by atoms with Crippen molar-refractivity contribution < 1.29 is 4.52 Å². The summed E-state index contributed by atoms with van der Waals surface area (Å²) >= 11 is 0. The summed E-state index contributed by atoms with van der Waals surface area (Å²) < 4.78 is 4.22. The molecule has 0 aliphatic heterocycles. The quantitative estimate of drug-likeness (QED) is 0.599. The van der Waals surface area contributed by atoms with E-state index in [0.29, 0.717) is 0 Å². The number of allylic oxidation sites excluding steroid dienone is 1. The molecule has 0 atom stereocenters. The molecule has 2 aromatic carbocycles. The molecule has 3 heteroatoms. The molecule has 0 radical (unpaired) electrons. The fraction of sp³-hybridized carbons (Fsp3) is 0.0667. The Morgan fingerprint density at radius 3 is 2.67 bits per heavy atom. The zero-order valence-electron chi connectivity index (χ0n) is 9.78. The molecule has 18 heavy (non-hydrogen) atoms. The first kappa shape index (κ1) is 10.7. The van der Waals surface area contributed by atoms with E-state index in [4.69, 9.17) is 0 Å². The lowest BCUT2D eigenvalue weighted by atomic mass is 9.93. The zero-order chi connectivity index (χ0) is 12.2. The third kappa shape index (κ3) is 2.02. The minimum Gasteiger partial charge on any atom is -0.346 e. The number of hydrogen-bond donors (Lipinski definition) is 0. The van der Waals surface area contributed by atoms with E-state index in [2.05, 4.69) is 63.4 Å². The first-order chi connectivity index (χ1) is 8.95. The van der Waals surface area contributed by atoms with Crippen LogP contribution in [-0.4, -0.2) is 10.4 Å². The van der Waals surface area contributed by atoms with Crippen LogP contribution in [0, 0.1) is 0 Å². The van der Waals surface area contributed by atoms with Gasteiger partial charge in [0, 0.05) is 5.27 Å². The first-order valence-electron chi connectivity index (χ1n) is 5.83. The molecule has 0 fully saturated rings. The van der Waals surface area contributed by atoms with Crippen LogP contribution in [0.4, 0.5) is 0 Å². The van der Waals surface area contributed by atoms with E-state index in [-0.39, 0.29) is 0 Å². The van der Waals surface area contributed by atoms with Crippen molar-refractivity contribution in [1.82, 2.24) is 10.4 Å². The maximum atomic E-state index is 4.22. The van der Waals surface area contributed by atoms with Crippen molar-refractivity contribution in [2.24, 2.45) is 0 Å². The smallest absolute Gasteiger partial charge is 0.144 e. The van der Waals surface area contributed by atoms with Crippen LogP contribution < -0.4 is 0 Å². The molecule has 0 N–H and O–H groups in total. The van der Waals surface area contributed by atoms with E-state index in [0.717, 1.165) is 6.42 Å². The van der Waals surface area contributed by atoms with Crippen LogP contribution in [0.2, 0.25) is 0 Å². The lowest BCUT2D eigenvalue weighted by molar-refractivity contribution is 0.393. The van der Waals surface area contributed by atoms with Crippen LogP contribution in [0.5, 0.6) is 0 Å². The van der Waals surface area contributed by atoms with Gasteiger partial charge in [0.15, 0.2) is 0 Å². The highest BCUT2D eigenvalue weighted by molar-refractivity contribution is 5.94. The Morgan fingerprint density at radius 1 is 1.06 bits per heavy atom. The molecule has 0 saturated carbocycles. The highest BCUT2D eigenvalue weighted by Crippen LogP contribution is 2.27. The molecule has 4 rings (SSSR count). The summed E-state index contributed by atoms with van der Waals surface area (Å²) in [5.74, 6) is 0. The van der Waals surface area contributed by atoms with E-state index in [9.17, 15) is 0 Å². The summed E-state index contributed by atoms with van der Waals surface area (Å²) in [7, 11) is 0. The van der Waals surface area contributed by atoms with Crippen molar-refractivity contribution in [2.75, 3.05) is 0 Å². The predicted molar refractivity (Wildman–Crippen MR) is 71.0 cm³/mol. The van der Waals surface area contributed by atoms with Crippen molar-refractivity contribution in [3.05, 3.63) is 66.1 Å². The van der Waals surface area contributed by atoms with Gasteiger partial charge >= 0.3 is 0 Å². The molecule has 0 unspecified atom stereocenters. The number of hydrogen-bond acceptors (Lipinski definition) is 3. The molecule has 0 amide bonds. The van der Waals surface area contributed by atoms with Gasteiger partial charge in [-0.05, 0) is 28.3 Å². The molecule has 0 saturated heterocycles. The Labute approximate surface area is 105 Å². The van der Waals surface area contributed by atoms with Gasteiger partial charge < -0.3 is 4.52 Å². The van der Waals surface area contributed by atoms with E-state index < -0.39 is 0 Å². The van der Waals surface area contributed by atoms with Gasteiger partial charge in [-0.1, -0.05) is 48.6 Å². The maximum absolute atomic E-state index is 4.22. The van der Waals surface area contributed by atoms with Crippen LogP contribution in [0.25, 0.3) is 16.8 Å². The number of aromatic nitrogens is 2. The van der Waals surface area contributed by atoms with E-state index in [1.807, 2.05) is 0 Å². The normalized spacial score (nSPS) is 12.0. The van der Waals surface area contributed by atoms with E-state index in [1.54, 1.807) is 0 Å². The SMILES string of the molecule is C1=Cc2cccc3cccc(c23)C1.c1conn1. The summed E-state index contributed by atoms with van der Waals surface area (Å²) in [6, 6.07) is 13.0. The van der Waals surface area contributed by atoms with Gasteiger partial charge in [-0.3, -0.25) is 0 Å². The number of rotatable bonds is 0. The fourth-order valence-corrected chi connectivity index (χ4v) is 2.21. The molecule has 1 aliphatic carbocycles. The molecule has 3 aromatic rings. The average Bonchev–Trinajstić information content (AvgIpc) is 2.99. The fourth-order valence-electron chi connectivity index (χ4n) is 2.21. The minimum absolute atomic E-state index is 1.08. The van der Waals surface area contributed by atoms with Gasteiger partial charge in [0.2, 0.25) is 0 Å². The van der Waals surface area contributed by atoms with Crippen LogP contribution in [0.15, 0.2) is 59.5 Å². The molecular formula is C15H12N2O. The van der Waals surface area contributed by atoms with Crippen LogP contribution in [0.1, 0.15) is 11.1 Å². The standard InChI is InChI=1S/C13H10.C2H2N2O/c1-4-10-6-2-8-12-9-3-7-11(5-1)13(10)12;1-2-5-4-3-1/h1-8H,9H2;1-2H. The third-order valence-corrected chi connectivity index (χ3v) is 2.94. The zero-order valence-corrected chi connectivity index (χ0v) is 9.78. The van der Waals surface area contributed by atoms with Crippen LogP contribution in [0.3, 0.4) is 0 Å². The van der Waals surface area contributed by atoms with Gasteiger partial charge in [0.25, 0.3) is 0 Å². The van der Waals surface area contributed by atoms with Gasteiger partial charge in [-0.25, -0.2) is 0 Å². The summed E-state index contributed by atoms with van der Waals surface area (Å²) in [6.07, 6.45) is 8.40. The first-order valence-corrected chi connectivity index (χ1v) is 5.83. The Kier molecular flexibility index (Phi) is 2.88. The lowest BCUT2D eigenvalue weighted by Gasteiger charge is -2.11. The largest absolute Gasteiger partial charge is 0.346 e. The van der Waals surface area contributed by atoms with Crippen molar-refractivity contribution in [1.29, 1.82) is 0 Å². The highest BCUT2D eigenvalue weighted by atomic mass is 16.5. The number of benzene rings is 2. The van der Waals surface area contributed by atoms with Gasteiger partial charge in [-0.15, -0.1) is 5.10 Å². The summed E-state index contributed by atoms with van der Waals surface area (Å²) in [5.41, 5.74) is 2.81. The van der Waals surface area contributed by atoms with E-state index >= 15 is 0 Å². The van der Waals surface area contributed by atoms with E-state index in [1.165, 1.54) is 34.4 Å². The van der Waals surface area contributed by atoms with Gasteiger partial charge in [0.1, 0.15) is 6.26 Å². The van der Waals surface area contributed by atoms with Crippen molar-refractivity contribution >= 4 is 16.8 Å². The summed E-state index contributed by atoms with van der Waals surface area (Å²) in [6.45, 7) is 0. The second-order valence-electron chi connectivity index (χ2n) is 4.06. The molecule has 1 aliphatic rings. The van der Waals surface area contributed by atoms with Crippen molar-refractivity contribution in [3.63, 3.8) is 0 Å². The molecule has 88 valence electrons. The Hall–Kier alpha value is -2.42. The molecule has 0 spiro atoms. The Balaban J connectivity index is 0.000000169. The van der Waals surface area contributed by atoms with Gasteiger partial charge in [0.05, 0.1) is 6.20 Å². The Bertz CT molecular complexity index is 650. The average molecular weight is 236 g/mol. The van der Waals surface area contributed by atoms with Crippen molar-refractivity contribution in [3.8, 4) is 0 Å². The highest BCUT2D eigenvalue weighted by Gasteiger charge is 2.06. The monoisotopic (exact) mass is 236 g/mol. The molecule has 1 aromatic heterocycles. The lowest BCUT2D eigenvalue weighted by Crippen LogP contribution is -1.91. The van der Waals surface area contributed by atoms with Gasteiger partial charge in [-0.2, -0.15) is 0 Å². The summed E-state index contributed by atoms with van der Waals surface area (Å²) in [4.78, 5) is 0. The second kappa shape index (κ2) is 4.84. The predicted octanol–water partition coefficient (Wildman–Crippen LogP) is 3.48. The van der Waals surface area contributed by atoms with Crippen LogP contribution in [-0.2, 0) is 6.42 Å². The molecule has 1 heterocycles. The summed E-state index contributed by atoms with van der Waals surface area (Å²) in [5, 5.41) is 9.20. The second-order valence-corrected chi connectivity index (χ2v) is 4.06. The number of nitrogens with zero attached hydrogens (tertiary/aromatic N) is 2. The van der Waals surface area contributed by atoms with Crippen molar-refractivity contribution in [2.45, 2.75) is 6.42 Å². The molecule has 0 bridgehead atoms. The minimum atomic E-state index is 1.08. The topological polar surface area (TPSA) is 38.9 Å². The Morgan fingerprint density at radius 2 is 1.94 bits per heavy atom. The molecule has 3 nitrogen and oxygen atoms in total.